The summed E-state index contributed by atoms with van der Waals surface area (Å²) < 4.78 is 0. The largest absolute Gasteiger partial charge is 0.354 e. The van der Waals surface area contributed by atoms with E-state index in [4.69, 9.17) is 0 Å². The summed E-state index contributed by atoms with van der Waals surface area (Å²) >= 11 is 2.93. The second kappa shape index (κ2) is 17.3. The smallest absolute Gasteiger partial charge is 0.247 e. The number of benzene rings is 1. The molecule has 45 heavy (non-hydrogen) atoms. The van der Waals surface area contributed by atoms with E-state index >= 15 is 0 Å². The molecule has 0 aliphatic carbocycles. The van der Waals surface area contributed by atoms with Crippen molar-refractivity contribution in [2.75, 3.05) is 37.7 Å². The molecule has 0 saturated carbocycles. The van der Waals surface area contributed by atoms with E-state index in [9.17, 15) is 24.0 Å². The molecule has 0 bridgehead atoms. The molecule has 6 N–H and O–H groups in total. The minimum atomic E-state index is -1.01. The van der Waals surface area contributed by atoms with E-state index in [0.717, 1.165) is 29.1 Å². The average Bonchev–Trinajstić information content (AvgIpc) is 3.69. The third-order valence-electron chi connectivity index (χ3n) is 7.52. The predicted octanol–water partition coefficient (Wildman–Crippen LogP) is 1.66. The van der Waals surface area contributed by atoms with Gasteiger partial charge in [-0.1, -0.05) is 45.0 Å². The molecule has 0 spiro atoms. The lowest BCUT2D eigenvalue weighted by Gasteiger charge is -2.28. The van der Waals surface area contributed by atoms with Crippen molar-refractivity contribution in [3.63, 3.8) is 0 Å². The van der Waals surface area contributed by atoms with Gasteiger partial charge in [0.05, 0.1) is 41.0 Å². The van der Waals surface area contributed by atoms with Crippen LogP contribution in [0.25, 0.3) is 10.4 Å². The Morgan fingerprint density at radius 3 is 2.31 bits per heavy atom. The number of hydrogen-bond acceptors (Lipinski definition) is 9. The Labute approximate surface area is 273 Å². The van der Waals surface area contributed by atoms with Crippen molar-refractivity contribution in [3.05, 3.63) is 41.0 Å². The fraction of sp³-hybridized carbons (Fsp3) is 0.548. The molecule has 1 saturated heterocycles. The lowest BCUT2D eigenvalue weighted by atomic mass is 9.88. The zero-order valence-corrected chi connectivity index (χ0v) is 28.2. The number of hydrogen-bond donors (Lipinski definition) is 6. The molecule has 5 amide bonds. The van der Waals surface area contributed by atoms with Crippen molar-refractivity contribution in [2.24, 2.45) is 5.41 Å². The minimum absolute atomic E-state index is 0.0277. The molecule has 1 aliphatic rings. The van der Waals surface area contributed by atoms with E-state index in [1.54, 1.807) is 17.6 Å². The van der Waals surface area contributed by atoms with E-state index in [0.29, 0.717) is 30.0 Å². The van der Waals surface area contributed by atoms with Gasteiger partial charge in [-0.2, -0.15) is 11.8 Å². The molecule has 1 fully saturated rings. The highest BCUT2D eigenvalue weighted by Gasteiger charge is 2.29. The van der Waals surface area contributed by atoms with Crippen molar-refractivity contribution in [1.29, 1.82) is 0 Å². The number of thiazole rings is 1. The highest BCUT2D eigenvalue weighted by Crippen LogP contribution is 2.28. The first kappa shape index (κ1) is 36.0. The Hall–Kier alpha value is -3.49. The maximum absolute atomic E-state index is 13.2. The fourth-order valence-electron chi connectivity index (χ4n) is 4.36. The van der Waals surface area contributed by atoms with Crippen LogP contribution >= 0.6 is 23.1 Å². The summed E-state index contributed by atoms with van der Waals surface area (Å²) in [5.41, 5.74) is 4.18. The molecule has 1 aromatic heterocycles. The van der Waals surface area contributed by atoms with Crippen LogP contribution in [-0.4, -0.2) is 84.3 Å². The van der Waals surface area contributed by atoms with Gasteiger partial charge in [0, 0.05) is 18.3 Å². The van der Waals surface area contributed by atoms with Gasteiger partial charge in [0.15, 0.2) is 0 Å². The van der Waals surface area contributed by atoms with Gasteiger partial charge in [-0.3, -0.25) is 24.0 Å². The molecule has 2 heterocycles. The van der Waals surface area contributed by atoms with Crippen molar-refractivity contribution in [2.45, 2.75) is 65.6 Å². The van der Waals surface area contributed by atoms with E-state index in [-0.39, 0.29) is 48.3 Å². The molecule has 14 heteroatoms. The van der Waals surface area contributed by atoms with Crippen molar-refractivity contribution < 1.29 is 24.0 Å². The third-order valence-corrected chi connectivity index (χ3v) is 9.46. The van der Waals surface area contributed by atoms with Crippen LogP contribution in [0.5, 0.6) is 0 Å². The zero-order chi connectivity index (χ0) is 33.0. The van der Waals surface area contributed by atoms with Crippen LogP contribution in [0, 0.1) is 12.3 Å². The quantitative estimate of drug-likeness (QED) is 0.157. The Bertz CT molecular complexity index is 1320. The molecular formula is C31H45N7O5S2. The molecule has 246 valence electrons. The summed E-state index contributed by atoms with van der Waals surface area (Å²) in [6, 6.07) is 5.97. The van der Waals surface area contributed by atoms with E-state index in [1.807, 2.05) is 26.0 Å². The number of nitrogens with one attached hydrogen (secondary N) is 6. The zero-order valence-electron chi connectivity index (χ0n) is 26.6. The minimum Gasteiger partial charge on any atom is -0.354 e. The summed E-state index contributed by atoms with van der Waals surface area (Å²) in [7, 11) is 0. The number of thioether (sulfide) groups is 1. The van der Waals surface area contributed by atoms with Crippen LogP contribution in [0.15, 0.2) is 29.8 Å². The number of carbonyl (C=O) groups is 5. The number of carbonyl (C=O) groups excluding carboxylic acids is 5. The number of nitrogens with zero attached hydrogens (tertiary/aromatic N) is 1. The highest BCUT2D eigenvalue weighted by atomic mass is 32.2. The summed E-state index contributed by atoms with van der Waals surface area (Å²) in [6.07, 6.45) is 1.55. The average molecular weight is 660 g/mol. The monoisotopic (exact) mass is 659 g/mol. The molecule has 1 aromatic carbocycles. The highest BCUT2D eigenvalue weighted by molar-refractivity contribution is 7.99. The first-order chi connectivity index (χ1) is 21.3. The number of aryl methyl sites for hydroxylation is 1. The first-order valence-electron chi connectivity index (χ1n) is 15.1. The standard InChI is InChI=1S/C31H45N7O5S2/c1-19-28(45-18-36-19)22-10-8-21(9-11-22)27(38-29(42)23-7-6-12-32-23)30(43)35-16-25(40)34-15-24(39)33-13-14-44-17-26(41)37-20(2)31(3,4)5/h8-11,18,20,23,27,32H,6-7,12-17H2,1-5H3,(H,33,39)(H,34,40)(H,35,43)(H,37,41)(H,38,42)/t20?,23-,27-/m0/s1. The molecule has 3 atom stereocenters. The Balaban J connectivity index is 1.43. The van der Waals surface area contributed by atoms with E-state index < -0.39 is 17.9 Å². The van der Waals surface area contributed by atoms with Gasteiger partial charge in [-0.25, -0.2) is 4.98 Å². The maximum Gasteiger partial charge on any atom is 0.247 e. The van der Waals surface area contributed by atoms with Gasteiger partial charge in [0.2, 0.25) is 29.5 Å². The topological polar surface area (TPSA) is 170 Å². The van der Waals surface area contributed by atoms with Crippen LogP contribution in [0.1, 0.15) is 57.8 Å². The van der Waals surface area contributed by atoms with Gasteiger partial charge in [-0.05, 0) is 49.8 Å². The van der Waals surface area contributed by atoms with Crippen LogP contribution in [0.3, 0.4) is 0 Å². The normalized spacial score (nSPS) is 15.9. The van der Waals surface area contributed by atoms with Crippen molar-refractivity contribution >= 4 is 52.6 Å². The number of rotatable bonds is 15. The van der Waals surface area contributed by atoms with Gasteiger partial charge in [0.25, 0.3) is 0 Å². The number of aromatic nitrogens is 1. The SMILES string of the molecule is Cc1ncsc1-c1ccc([C@H](NC(=O)[C@@H]2CCCN2)C(=O)NCC(=O)NCC(=O)NCCSCC(=O)NC(C)C(C)(C)C)cc1. The third kappa shape index (κ3) is 11.7. The lowest BCUT2D eigenvalue weighted by Crippen LogP contribution is -2.48. The van der Waals surface area contributed by atoms with E-state index in [2.05, 4.69) is 57.7 Å². The second-order valence-corrected chi connectivity index (χ2v) is 14.0. The fourth-order valence-corrected chi connectivity index (χ4v) is 5.83. The number of amides is 5. The van der Waals surface area contributed by atoms with Crippen LogP contribution in [0.4, 0.5) is 0 Å². The molecular weight excluding hydrogens is 615 g/mol. The summed E-state index contributed by atoms with van der Waals surface area (Å²) in [5.74, 6) is -0.969. The Kier molecular flexibility index (Phi) is 13.8. The molecule has 12 nitrogen and oxygen atoms in total. The van der Waals surface area contributed by atoms with Crippen LogP contribution < -0.4 is 31.9 Å². The van der Waals surface area contributed by atoms with Crippen molar-refractivity contribution in [3.8, 4) is 10.4 Å². The summed E-state index contributed by atoms with van der Waals surface area (Å²) in [6.45, 7) is 10.5. The van der Waals surface area contributed by atoms with E-state index in [1.165, 1.54) is 23.1 Å². The van der Waals surface area contributed by atoms with Gasteiger partial charge in [0.1, 0.15) is 6.04 Å². The Morgan fingerprint density at radius 2 is 1.69 bits per heavy atom. The molecule has 3 rings (SSSR count). The Morgan fingerprint density at radius 1 is 1.00 bits per heavy atom. The van der Waals surface area contributed by atoms with Gasteiger partial charge < -0.3 is 31.9 Å². The summed E-state index contributed by atoms with van der Waals surface area (Å²) in [5, 5.41) is 16.7. The second-order valence-electron chi connectivity index (χ2n) is 12.0. The summed E-state index contributed by atoms with van der Waals surface area (Å²) in [4.78, 5) is 68.0. The molecule has 2 aromatic rings. The maximum atomic E-state index is 13.2. The lowest BCUT2D eigenvalue weighted by molar-refractivity contribution is -0.131. The van der Waals surface area contributed by atoms with Gasteiger partial charge >= 0.3 is 0 Å². The molecule has 1 aliphatic heterocycles. The van der Waals surface area contributed by atoms with Crippen LogP contribution in [0.2, 0.25) is 0 Å². The molecule has 0 radical (unpaired) electrons. The first-order valence-corrected chi connectivity index (χ1v) is 17.1. The van der Waals surface area contributed by atoms with Crippen LogP contribution in [-0.2, 0) is 24.0 Å². The predicted molar refractivity (Wildman–Crippen MR) is 178 cm³/mol. The van der Waals surface area contributed by atoms with Crippen molar-refractivity contribution in [1.82, 2.24) is 36.9 Å². The molecule has 1 unspecified atom stereocenters. The van der Waals surface area contributed by atoms with Gasteiger partial charge in [-0.15, -0.1) is 11.3 Å².